The van der Waals surface area contributed by atoms with Crippen molar-refractivity contribution in [3.8, 4) is 0 Å². The Morgan fingerprint density at radius 2 is 2.12 bits per heavy atom. The molecule has 1 aromatic rings. The second kappa shape index (κ2) is 4.99. The van der Waals surface area contributed by atoms with E-state index in [2.05, 4.69) is 52.9 Å². The number of halogens is 1. The molecule has 2 N–H and O–H groups in total. The zero-order chi connectivity index (χ0) is 12.6. The molecule has 0 bridgehead atoms. The number of rotatable bonds is 2. The Kier molecular flexibility index (Phi) is 3.79. The average molecular weight is 297 g/mol. The van der Waals surface area contributed by atoms with Gasteiger partial charge in [-0.15, -0.1) is 0 Å². The second-order valence-electron chi connectivity index (χ2n) is 5.34. The van der Waals surface area contributed by atoms with E-state index in [4.69, 9.17) is 5.73 Å². The summed E-state index contributed by atoms with van der Waals surface area (Å²) >= 11 is 3.68. The number of anilines is 1. The van der Waals surface area contributed by atoms with Crippen LogP contribution < -0.4 is 10.6 Å². The predicted octanol–water partition coefficient (Wildman–Crippen LogP) is 3.70. The van der Waals surface area contributed by atoms with E-state index in [1.165, 1.54) is 17.7 Å². The highest BCUT2D eigenvalue weighted by Crippen LogP contribution is 2.35. The average Bonchev–Trinajstić information content (AvgIpc) is 2.57. The zero-order valence-electron chi connectivity index (χ0n) is 10.8. The van der Waals surface area contributed by atoms with Crippen LogP contribution in [0.1, 0.15) is 38.8 Å². The topological polar surface area (TPSA) is 29.3 Å². The second-order valence-corrected chi connectivity index (χ2v) is 6.20. The maximum atomic E-state index is 5.90. The molecular formula is C14H21BrN2. The Labute approximate surface area is 112 Å². The summed E-state index contributed by atoms with van der Waals surface area (Å²) in [6.07, 6.45) is 1.28. The van der Waals surface area contributed by atoms with E-state index in [9.17, 15) is 0 Å². The normalized spacial score (nSPS) is 26.3. The van der Waals surface area contributed by atoms with Crippen molar-refractivity contribution in [3.63, 3.8) is 0 Å². The molecular weight excluding hydrogens is 276 g/mol. The van der Waals surface area contributed by atoms with Gasteiger partial charge in [-0.05, 0) is 59.8 Å². The summed E-state index contributed by atoms with van der Waals surface area (Å²) in [5.74, 6) is 0.782. The molecule has 2 rings (SSSR count). The number of nitrogens with zero attached hydrogens (tertiary/aromatic N) is 1. The third-order valence-corrected chi connectivity index (χ3v) is 4.23. The molecule has 0 saturated carbocycles. The van der Waals surface area contributed by atoms with Crippen LogP contribution in [0, 0.1) is 5.92 Å². The molecule has 1 heterocycles. The molecule has 1 aliphatic rings. The van der Waals surface area contributed by atoms with Gasteiger partial charge in [0.25, 0.3) is 0 Å². The van der Waals surface area contributed by atoms with Gasteiger partial charge in [0.15, 0.2) is 0 Å². The first-order chi connectivity index (χ1) is 7.99. The number of hydrogen-bond donors (Lipinski definition) is 1. The van der Waals surface area contributed by atoms with Crippen LogP contribution in [0.5, 0.6) is 0 Å². The summed E-state index contributed by atoms with van der Waals surface area (Å²) in [7, 11) is 0. The molecule has 94 valence electrons. The highest BCUT2D eigenvalue weighted by Gasteiger charge is 2.27. The number of nitrogens with two attached hydrogens (primary N) is 1. The molecule has 3 atom stereocenters. The minimum absolute atomic E-state index is 0.0928. The van der Waals surface area contributed by atoms with Crippen LogP contribution in [0.3, 0.4) is 0 Å². The molecule has 17 heavy (non-hydrogen) atoms. The van der Waals surface area contributed by atoms with Crippen LogP contribution in [0.2, 0.25) is 0 Å². The molecule has 0 spiro atoms. The van der Waals surface area contributed by atoms with Gasteiger partial charge < -0.3 is 10.6 Å². The minimum Gasteiger partial charge on any atom is -0.368 e. The van der Waals surface area contributed by atoms with Gasteiger partial charge in [-0.1, -0.05) is 13.0 Å². The molecule has 1 aromatic carbocycles. The van der Waals surface area contributed by atoms with Crippen LogP contribution >= 0.6 is 15.9 Å². The van der Waals surface area contributed by atoms with Crippen molar-refractivity contribution in [2.24, 2.45) is 11.7 Å². The Hall–Kier alpha value is -0.540. The van der Waals surface area contributed by atoms with E-state index >= 15 is 0 Å². The van der Waals surface area contributed by atoms with Gasteiger partial charge >= 0.3 is 0 Å². The number of benzene rings is 1. The Bertz CT molecular complexity index is 403. The Balaban J connectivity index is 2.28. The molecule has 1 fully saturated rings. The predicted molar refractivity (Wildman–Crippen MR) is 77.3 cm³/mol. The van der Waals surface area contributed by atoms with E-state index in [-0.39, 0.29) is 6.04 Å². The smallest absolute Gasteiger partial charge is 0.0513 e. The van der Waals surface area contributed by atoms with Gasteiger partial charge in [0.2, 0.25) is 0 Å². The lowest BCUT2D eigenvalue weighted by Gasteiger charge is -2.25. The molecule has 0 aliphatic carbocycles. The first-order valence-corrected chi connectivity index (χ1v) is 7.10. The van der Waals surface area contributed by atoms with Crippen LogP contribution in [0.4, 0.5) is 5.69 Å². The number of hydrogen-bond acceptors (Lipinski definition) is 2. The SMILES string of the molecule is CC1CC(C)N(c2ccc([C@H](C)N)cc2Br)C1. The molecule has 0 aromatic heterocycles. The summed E-state index contributed by atoms with van der Waals surface area (Å²) in [5, 5.41) is 0. The highest BCUT2D eigenvalue weighted by atomic mass is 79.9. The fourth-order valence-electron chi connectivity index (χ4n) is 2.67. The summed E-state index contributed by atoms with van der Waals surface area (Å²) < 4.78 is 1.16. The Morgan fingerprint density at radius 1 is 1.41 bits per heavy atom. The molecule has 0 amide bonds. The van der Waals surface area contributed by atoms with E-state index in [0.29, 0.717) is 6.04 Å². The maximum absolute atomic E-state index is 5.90. The summed E-state index contributed by atoms with van der Waals surface area (Å²) in [4.78, 5) is 2.49. The van der Waals surface area contributed by atoms with Crippen molar-refractivity contribution >= 4 is 21.6 Å². The third-order valence-electron chi connectivity index (χ3n) is 3.59. The van der Waals surface area contributed by atoms with Crippen molar-refractivity contribution in [3.05, 3.63) is 28.2 Å². The fourth-order valence-corrected chi connectivity index (χ4v) is 3.30. The quantitative estimate of drug-likeness (QED) is 0.902. The third kappa shape index (κ3) is 2.66. The van der Waals surface area contributed by atoms with Crippen LogP contribution in [-0.4, -0.2) is 12.6 Å². The molecule has 2 nitrogen and oxygen atoms in total. The van der Waals surface area contributed by atoms with E-state index in [1.54, 1.807) is 0 Å². The summed E-state index contributed by atoms with van der Waals surface area (Å²) in [5.41, 5.74) is 8.38. The first kappa shape index (κ1) is 12.9. The van der Waals surface area contributed by atoms with Gasteiger partial charge in [0, 0.05) is 23.1 Å². The lowest BCUT2D eigenvalue weighted by atomic mass is 10.1. The first-order valence-electron chi connectivity index (χ1n) is 6.30. The molecule has 3 heteroatoms. The molecule has 2 unspecified atom stereocenters. The van der Waals surface area contributed by atoms with Crippen molar-refractivity contribution in [2.75, 3.05) is 11.4 Å². The van der Waals surface area contributed by atoms with Gasteiger partial charge in [0.05, 0.1) is 5.69 Å². The van der Waals surface area contributed by atoms with Crippen molar-refractivity contribution in [1.29, 1.82) is 0 Å². The lowest BCUT2D eigenvalue weighted by Crippen LogP contribution is -2.27. The Morgan fingerprint density at radius 3 is 2.59 bits per heavy atom. The summed E-state index contributed by atoms with van der Waals surface area (Å²) in [6, 6.07) is 7.20. The molecule has 1 saturated heterocycles. The van der Waals surface area contributed by atoms with Gasteiger partial charge in [-0.25, -0.2) is 0 Å². The standard InChI is InChI=1S/C14H21BrN2/c1-9-6-10(2)17(8-9)14-5-4-12(11(3)16)7-13(14)15/h4-5,7,9-11H,6,8,16H2,1-3H3/t9?,10?,11-/m0/s1. The lowest BCUT2D eigenvalue weighted by molar-refractivity contribution is 0.625. The van der Waals surface area contributed by atoms with E-state index < -0.39 is 0 Å². The zero-order valence-corrected chi connectivity index (χ0v) is 12.4. The highest BCUT2D eigenvalue weighted by molar-refractivity contribution is 9.10. The van der Waals surface area contributed by atoms with E-state index in [1.807, 2.05) is 6.92 Å². The molecule has 1 aliphatic heterocycles. The van der Waals surface area contributed by atoms with Gasteiger partial charge in [-0.3, -0.25) is 0 Å². The largest absolute Gasteiger partial charge is 0.368 e. The van der Waals surface area contributed by atoms with Crippen molar-refractivity contribution in [2.45, 2.75) is 39.3 Å². The van der Waals surface area contributed by atoms with Crippen molar-refractivity contribution in [1.82, 2.24) is 0 Å². The van der Waals surface area contributed by atoms with E-state index in [0.717, 1.165) is 16.9 Å². The van der Waals surface area contributed by atoms with Crippen molar-refractivity contribution < 1.29 is 0 Å². The van der Waals surface area contributed by atoms with Gasteiger partial charge in [-0.2, -0.15) is 0 Å². The summed E-state index contributed by atoms with van der Waals surface area (Å²) in [6.45, 7) is 7.79. The maximum Gasteiger partial charge on any atom is 0.0513 e. The monoisotopic (exact) mass is 296 g/mol. The fraction of sp³-hybridized carbons (Fsp3) is 0.571. The minimum atomic E-state index is 0.0928. The van der Waals surface area contributed by atoms with Crippen LogP contribution in [0.25, 0.3) is 0 Å². The van der Waals surface area contributed by atoms with Crippen LogP contribution in [0.15, 0.2) is 22.7 Å². The van der Waals surface area contributed by atoms with Crippen LogP contribution in [-0.2, 0) is 0 Å². The molecule has 0 radical (unpaired) electrons. The van der Waals surface area contributed by atoms with Gasteiger partial charge in [0.1, 0.15) is 0 Å².